The first kappa shape index (κ1) is 25.9. The van der Waals surface area contributed by atoms with Crippen molar-refractivity contribution in [3.05, 3.63) is 77.0 Å². The van der Waals surface area contributed by atoms with E-state index in [1.165, 1.54) is 12.5 Å². The Balaban J connectivity index is 1.82. The second-order valence-corrected chi connectivity index (χ2v) is 8.53. The third-order valence-corrected chi connectivity index (χ3v) is 5.70. The summed E-state index contributed by atoms with van der Waals surface area (Å²) >= 11 is 0. The van der Waals surface area contributed by atoms with E-state index >= 15 is 0 Å². The lowest BCUT2D eigenvalue weighted by molar-refractivity contribution is 0.0699. The van der Waals surface area contributed by atoms with Crippen LogP contribution in [0.4, 0.5) is 0 Å². The van der Waals surface area contributed by atoms with Crippen LogP contribution in [0.3, 0.4) is 0 Å². The molecule has 0 saturated carbocycles. The molecule has 3 N–H and O–H groups in total. The third-order valence-electron chi connectivity index (χ3n) is 5.70. The number of benzene rings is 2. The summed E-state index contributed by atoms with van der Waals surface area (Å²) in [4.78, 5) is 29.5. The van der Waals surface area contributed by atoms with Crippen molar-refractivity contribution in [3.8, 4) is 5.75 Å². The highest BCUT2D eigenvalue weighted by atomic mass is 16.5. The molecule has 0 radical (unpaired) electrons. The Hall–Kier alpha value is -3.71. The molecule has 2 aromatic carbocycles. The lowest BCUT2D eigenvalue weighted by Crippen LogP contribution is -2.40. The van der Waals surface area contributed by atoms with E-state index in [0.29, 0.717) is 17.3 Å². The number of allylic oxidation sites excluding steroid dienone is 1. The number of aromatic carboxylic acids is 1. The molecule has 35 heavy (non-hydrogen) atoms. The van der Waals surface area contributed by atoms with Crippen molar-refractivity contribution in [3.63, 3.8) is 0 Å². The van der Waals surface area contributed by atoms with Gasteiger partial charge < -0.3 is 20.3 Å². The Bertz CT molecular complexity index is 1190. The predicted octanol–water partition coefficient (Wildman–Crippen LogP) is 5.22. The highest BCUT2D eigenvalue weighted by Gasteiger charge is 2.19. The van der Waals surface area contributed by atoms with Gasteiger partial charge in [-0.2, -0.15) is 0 Å². The number of carboxylic acids is 1. The number of fused-ring (bicyclic) bond motifs is 1. The van der Waals surface area contributed by atoms with Gasteiger partial charge in [-0.1, -0.05) is 50.1 Å². The number of phenols is 1. The maximum atomic E-state index is 13.0. The van der Waals surface area contributed by atoms with Crippen molar-refractivity contribution in [1.82, 2.24) is 10.3 Å². The van der Waals surface area contributed by atoms with Crippen molar-refractivity contribution < 1.29 is 24.5 Å². The fraction of sp³-hybridized carbons (Fsp3) is 0.321. The minimum atomic E-state index is -1.12. The van der Waals surface area contributed by atoms with Crippen molar-refractivity contribution in [2.75, 3.05) is 13.7 Å². The number of nitrogens with zero attached hydrogens (tertiary/aromatic N) is 1. The fourth-order valence-corrected chi connectivity index (χ4v) is 3.90. The van der Waals surface area contributed by atoms with Crippen molar-refractivity contribution in [2.24, 2.45) is 0 Å². The van der Waals surface area contributed by atoms with Gasteiger partial charge in [0.2, 0.25) is 0 Å². The minimum absolute atomic E-state index is 0.0307. The lowest BCUT2D eigenvalue weighted by Gasteiger charge is -2.18. The molecule has 1 aromatic heterocycles. The zero-order valence-corrected chi connectivity index (χ0v) is 20.2. The van der Waals surface area contributed by atoms with E-state index in [0.717, 1.165) is 30.4 Å². The molecule has 0 aliphatic heterocycles. The topological polar surface area (TPSA) is 109 Å². The van der Waals surface area contributed by atoms with Crippen LogP contribution in [0.2, 0.25) is 0 Å². The number of phenolic OH excluding ortho intramolecular Hbond substituents is 1. The Labute approximate surface area is 205 Å². The van der Waals surface area contributed by atoms with Gasteiger partial charge >= 0.3 is 5.97 Å². The van der Waals surface area contributed by atoms with E-state index in [1.807, 2.05) is 12.1 Å². The lowest BCUT2D eigenvalue weighted by atomic mass is 10.0. The van der Waals surface area contributed by atoms with E-state index < -0.39 is 11.9 Å². The first-order valence-electron chi connectivity index (χ1n) is 11.8. The van der Waals surface area contributed by atoms with Crippen LogP contribution >= 0.6 is 0 Å². The van der Waals surface area contributed by atoms with Gasteiger partial charge in [0.15, 0.2) is 0 Å². The number of hydrogen-bond donors (Lipinski definition) is 3. The number of carbonyl (C=O) groups is 2. The van der Waals surface area contributed by atoms with E-state index in [2.05, 4.69) is 23.3 Å². The Kier molecular flexibility index (Phi) is 9.38. The minimum Gasteiger partial charge on any atom is -0.508 e. The van der Waals surface area contributed by atoms with Crippen LogP contribution in [0.25, 0.3) is 17.0 Å². The summed E-state index contributed by atoms with van der Waals surface area (Å²) in [5, 5.41) is 22.7. The molecule has 1 heterocycles. The first-order chi connectivity index (χ1) is 16.9. The van der Waals surface area contributed by atoms with Crippen LogP contribution in [0, 0.1) is 0 Å². The Morgan fingerprint density at radius 1 is 1.11 bits per heavy atom. The summed E-state index contributed by atoms with van der Waals surface area (Å²) in [7, 11) is 1.54. The summed E-state index contributed by atoms with van der Waals surface area (Å²) in [5.41, 5.74) is 2.32. The van der Waals surface area contributed by atoms with E-state index in [4.69, 9.17) is 4.74 Å². The van der Waals surface area contributed by atoms with Gasteiger partial charge in [0.05, 0.1) is 23.7 Å². The summed E-state index contributed by atoms with van der Waals surface area (Å²) < 4.78 is 5.25. The largest absolute Gasteiger partial charge is 0.508 e. The van der Waals surface area contributed by atoms with Crippen molar-refractivity contribution in [2.45, 2.75) is 45.1 Å². The smallest absolute Gasteiger partial charge is 0.336 e. The number of aromatic hydroxyl groups is 1. The summed E-state index contributed by atoms with van der Waals surface area (Å²) in [6.45, 7) is 2.43. The van der Waals surface area contributed by atoms with Gasteiger partial charge in [-0.05, 0) is 60.7 Å². The molecule has 1 amide bonds. The van der Waals surface area contributed by atoms with Gasteiger partial charge in [0.1, 0.15) is 11.4 Å². The number of methoxy groups -OCH3 is 1. The molecular weight excluding hydrogens is 444 g/mol. The van der Waals surface area contributed by atoms with Crippen LogP contribution in [0.15, 0.2) is 54.6 Å². The number of ether oxygens (including phenoxy) is 1. The summed E-state index contributed by atoms with van der Waals surface area (Å²) in [5.74, 6) is -1.43. The van der Waals surface area contributed by atoms with E-state index in [1.54, 1.807) is 43.5 Å². The Morgan fingerprint density at radius 2 is 1.89 bits per heavy atom. The number of hydrogen-bond acceptors (Lipinski definition) is 5. The zero-order chi connectivity index (χ0) is 25.2. The number of rotatable bonds is 12. The quantitative estimate of drug-likeness (QED) is 0.309. The van der Waals surface area contributed by atoms with Gasteiger partial charge in [-0.25, -0.2) is 9.78 Å². The zero-order valence-electron chi connectivity index (χ0n) is 20.2. The second-order valence-electron chi connectivity index (χ2n) is 8.53. The molecule has 7 heteroatoms. The molecule has 3 rings (SSSR count). The molecule has 0 unspecified atom stereocenters. The average molecular weight is 477 g/mol. The molecule has 1 atom stereocenters. The number of amides is 1. The summed E-state index contributed by atoms with van der Waals surface area (Å²) in [6.07, 6.45) is 9.00. The van der Waals surface area contributed by atoms with Gasteiger partial charge in [0.25, 0.3) is 5.91 Å². The number of carbonyl (C=O) groups excluding carboxylic acids is 1. The molecule has 184 valence electrons. The maximum Gasteiger partial charge on any atom is 0.336 e. The van der Waals surface area contributed by atoms with Crippen LogP contribution in [0.5, 0.6) is 5.75 Å². The molecule has 0 bridgehead atoms. The molecule has 0 aliphatic carbocycles. The molecule has 0 fully saturated rings. The van der Waals surface area contributed by atoms with Crippen LogP contribution in [-0.4, -0.2) is 46.8 Å². The monoisotopic (exact) mass is 476 g/mol. The molecule has 7 nitrogen and oxygen atoms in total. The van der Waals surface area contributed by atoms with E-state index in [-0.39, 0.29) is 29.7 Å². The molecule has 3 aromatic rings. The van der Waals surface area contributed by atoms with Crippen LogP contribution in [-0.2, 0) is 11.2 Å². The SMILES string of the molecule is CCCCC/C=C/c1ccc2nc(C(=O)N[C@H](COC)Cc3ccc(O)cc3)cc(C(=O)O)c2c1. The molecule has 0 spiro atoms. The molecule has 0 aliphatic rings. The number of aromatic nitrogens is 1. The molecule has 0 saturated heterocycles. The van der Waals surface area contributed by atoms with Crippen molar-refractivity contribution in [1.29, 1.82) is 0 Å². The first-order valence-corrected chi connectivity index (χ1v) is 11.8. The Morgan fingerprint density at radius 3 is 2.57 bits per heavy atom. The molecular formula is C28H32N2O5. The number of pyridine rings is 1. The number of carboxylic acid groups (broad SMARTS) is 1. The maximum absolute atomic E-state index is 13.0. The van der Waals surface area contributed by atoms with Crippen LogP contribution < -0.4 is 5.32 Å². The number of unbranched alkanes of at least 4 members (excludes halogenated alkanes) is 3. The van der Waals surface area contributed by atoms with Crippen LogP contribution in [0.1, 0.15) is 64.6 Å². The fourth-order valence-electron chi connectivity index (χ4n) is 3.90. The highest BCUT2D eigenvalue weighted by molar-refractivity contribution is 6.06. The summed E-state index contributed by atoms with van der Waals surface area (Å²) in [6, 6.07) is 13.1. The van der Waals surface area contributed by atoms with Gasteiger partial charge in [-0.3, -0.25) is 4.79 Å². The normalized spacial score (nSPS) is 12.2. The third kappa shape index (κ3) is 7.39. The number of nitrogens with one attached hydrogen (secondary N) is 1. The second kappa shape index (κ2) is 12.7. The highest BCUT2D eigenvalue weighted by Crippen LogP contribution is 2.22. The van der Waals surface area contributed by atoms with Gasteiger partial charge in [0, 0.05) is 12.5 Å². The van der Waals surface area contributed by atoms with Gasteiger partial charge in [-0.15, -0.1) is 0 Å². The van der Waals surface area contributed by atoms with E-state index in [9.17, 15) is 19.8 Å². The van der Waals surface area contributed by atoms with Crippen molar-refractivity contribution >= 4 is 28.9 Å². The standard InChI is InChI=1S/C28H32N2O5/c1-3-4-5-6-7-8-19-11-14-25-23(16-19)24(28(33)34)17-26(30-25)27(32)29-21(18-35-2)15-20-9-12-22(31)13-10-20/h7-14,16-17,21,31H,3-6,15,18H2,1-2H3,(H,29,32)(H,33,34)/b8-7+/t21-/m0/s1. The predicted molar refractivity (Wildman–Crippen MR) is 137 cm³/mol. The average Bonchev–Trinajstić information content (AvgIpc) is 2.84.